The lowest BCUT2D eigenvalue weighted by molar-refractivity contribution is 0.414. The van der Waals surface area contributed by atoms with Crippen molar-refractivity contribution in [3.05, 3.63) is 22.3 Å². The molecule has 0 atom stereocenters. The highest BCUT2D eigenvalue weighted by molar-refractivity contribution is 7.98. The topological polar surface area (TPSA) is 82.8 Å². The lowest BCUT2D eigenvalue weighted by Gasteiger charge is -2.02. The van der Waals surface area contributed by atoms with Crippen LogP contribution in [-0.4, -0.2) is 20.0 Å². The van der Waals surface area contributed by atoms with Gasteiger partial charge in [0.2, 0.25) is 5.89 Å². The van der Waals surface area contributed by atoms with Crippen LogP contribution in [0.4, 0.5) is 0 Å². The van der Waals surface area contributed by atoms with Gasteiger partial charge in [0.05, 0.1) is 23.0 Å². The van der Waals surface area contributed by atoms with Gasteiger partial charge in [-0.2, -0.15) is 5.10 Å². The zero-order chi connectivity index (χ0) is 13.8. The first kappa shape index (κ1) is 14.4. The second kappa shape index (κ2) is 6.40. The normalized spacial score (nSPS) is 11.2. The van der Waals surface area contributed by atoms with E-state index in [2.05, 4.69) is 15.3 Å². The minimum atomic E-state index is 0.251. The van der Waals surface area contributed by atoms with Crippen molar-refractivity contribution < 1.29 is 4.42 Å². The third-order valence-electron chi connectivity index (χ3n) is 2.65. The molecule has 2 N–H and O–H groups in total. The summed E-state index contributed by atoms with van der Waals surface area (Å²) < 4.78 is 7.26. The largest absolute Gasteiger partial charge is 0.415 e. The lowest BCUT2D eigenvalue weighted by atomic mass is 10.3. The number of halogens is 1. The smallest absolute Gasteiger partial charge is 0.277 e. The van der Waals surface area contributed by atoms with Gasteiger partial charge in [-0.3, -0.25) is 4.68 Å². The molecule has 2 aromatic rings. The lowest BCUT2D eigenvalue weighted by Crippen LogP contribution is -2.01. The first-order valence-electron chi connectivity index (χ1n) is 6.08. The van der Waals surface area contributed by atoms with E-state index in [1.54, 1.807) is 0 Å². The van der Waals surface area contributed by atoms with E-state index < -0.39 is 0 Å². The Morgan fingerprint density at radius 2 is 2.16 bits per heavy atom. The van der Waals surface area contributed by atoms with E-state index in [4.69, 9.17) is 21.8 Å². The zero-order valence-corrected chi connectivity index (χ0v) is 12.5. The molecule has 8 heteroatoms. The molecule has 2 heterocycles. The summed E-state index contributed by atoms with van der Waals surface area (Å²) in [5.41, 5.74) is 7.33. The molecule has 0 aliphatic rings. The Hall–Kier alpha value is -1.05. The van der Waals surface area contributed by atoms with Crippen LogP contribution in [0.2, 0.25) is 5.02 Å². The highest BCUT2D eigenvalue weighted by Crippen LogP contribution is 2.28. The van der Waals surface area contributed by atoms with Crippen molar-refractivity contribution in [2.45, 2.75) is 44.3 Å². The molecule has 2 rings (SSSR count). The summed E-state index contributed by atoms with van der Waals surface area (Å²) in [5, 5.41) is 13.4. The molecule has 0 amide bonds. The first-order valence-corrected chi connectivity index (χ1v) is 7.45. The van der Waals surface area contributed by atoms with E-state index >= 15 is 0 Å². The fourth-order valence-corrected chi connectivity index (χ4v) is 2.89. The van der Waals surface area contributed by atoms with Crippen LogP contribution in [0.25, 0.3) is 0 Å². The van der Waals surface area contributed by atoms with Crippen LogP contribution in [0, 0.1) is 0 Å². The van der Waals surface area contributed by atoms with Gasteiger partial charge in [-0.25, -0.2) is 0 Å². The van der Waals surface area contributed by atoms with Crippen LogP contribution >= 0.6 is 23.4 Å². The van der Waals surface area contributed by atoms with Crippen LogP contribution in [0.3, 0.4) is 0 Å². The Balaban J connectivity index is 2.12. The summed E-state index contributed by atoms with van der Waals surface area (Å²) in [6.45, 7) is 5.11. The van der Waals surface area contributed by atoms with Gasteiger partial charge >= 0.3 is 0 Å². The summed E-state index contributed by atoms with van der Waals surface area (Å²) in [6.07, 6.45) is 0.821. The standard InChI is InChI=1S/C11H16ClN5OS/c1-3-7-10(12)8(17(4-2)16-7)6-19-11-15-14-9(5-13)18-11/h3-6,13H2,1-2H3. The number of rotatable bonds is 6. The Morgan fingerprint density at radius 1 is 1.37 bits per heavy atom. The summed E-state index contributed by atoms with van der Waals surface area (Å²) in [4.78, 5) is 0. The van der Waals surface area contributed by atoms with Crippen LogP contribution in [-0.2, 0) is 25.3 Å². The molecule has 19 heavy (non-hydrogen) atoms. The average Bonchev–Trinajstić information content (AvgIpc) is 3.00. The molecule has 0 saturated heterocycles. The number of hydrogen-bond donors (Lipinski definition) is 1. The van der Waals surface area contributed by atoms with Gasteiger partial charge < -0.3 is 10.2 Å². The van der Waals surface area contributed by atoms with E-state index in [1.165, 1.54) is 11.8 Å². The number of nitrogens with two attached hydrogens (primary N) is 1. The quantitative estimate of drug-likeness (QED) is 0.824. The molecule has 0 bridgehead atoms. The Labute approximate surface area is 120 Å². The first-order chi connectivity index (χ1) is 9.19. The Bertz CT molecular complexity index is 553. The maximum atomic E-state index is 6.32. The van der Waals surface area contributed by atoms with Crippen molar-refractivity contribution in [2.24, 2.45) is 5.73 Å². The Morgan fingerprint density at radius 3 is 2.74 bits per heavy atom. The minimum absolute atomic E-state index is 0.251. The zero-order valence-electron chi connectivity index (χ0n) is 10.9. The SMILES string of the molecule is CCc1nn(CC)c(CSc2nnc(CN)o2)c1Cl. The van der Waals surface area contributed by atoms with E-state index in [9.17, 15) is 0 Å². The maximum Gasteiger partial charge on any atom is 0.277 e. The fraction of sp³-hybridized carbons (Fsp3) is 0.545. The van der Waals surface area contributed by atoms with Gasteiger partial charge in [-0.15, -0.1) is 10.2 Å². The van der Waals surface area contributed by atoms with Crippen LogP contribution in [0.5, 0.6) is 0 Å². The van der Waals surface area contributed by atoms with E-state index in [0.717, 1.165) is 29.4 Å². The van der Waals surface area contributed by atoms with Gasteiger partial charge in [0.15, 0.2) is 0 Å². The number of thioether (sulfide) groups is 1. The van der Waals surface area contributed by atoms with Crippen molar-refractivity contribution in [1.82, 2.24) is 20.0 Å². The van der Waals surface area contributed by atoms with E-state index in [0.29, 0.717) is 16.9 Å². The number of hydrogen-bond acceptors (Lipinski definition) is 6. The summed E-state index contributed by atoms with van der Waals surface area (Å²) in [5.74, 6) is 1.08. The van der Waals surface area contributed by atoms with Gasteiger partial charge in [-0.05, 0) is 13.3 Å². The summed E-state index contributed by atoms with van der Waals surface area (Å²) in [7, 11) is 0. The molecule has 2 aromatic heterocycles. The van der Waals surface area contributed by atoms with Crippen molar-refractivity contribution in [2.75, 3.05) is 0 Å². The van der Waals surface area contributed by atoms with Crippen LogP contribution in [0.1, 0.15) is 31.1 Å². The predicted molar refractivity (Wildman–Crippen MR) is 74.0 cm³/mol. The van der Waals surface area contributed by atoms with Crippen molar-refractivity contribution in [3.63, 3.8) is 0 Å². The second-order valence-electron chi connectivity index (χ2n) is 3.83. The van der Waals surface area contributed by atoms with Gasteiger partial charge in [0, 0.05) is 12.3 Å². The molecule has 0 radical (unpaired) electrons. The minimum Gasteiger partial charge on any atom is -0.415 e. The third kappa shape index (κ3) is 3.10. The number of aryl methyl sites for hydroxylation is 2. The second-order valence-corrected chi connectivity index (χ2v) is 5.14. The monoisotopic (exact) mass is 301 g/mol. The Kier molecular flexibility index (Phi) is 4.84. The maximum absolute atomic E-state index is 6.32. The van der Waals surface area contributed by atoms with E-state index in [-0.39, 0.29) is 6.54 Å². The molecule has 0 fully saturated rings. The van der Waals surface area contributed by atoms with Gasteiger partial charge in [-0.1, -0.05) is 30.3 Å². The molecular formula is C11H16ClN5OS. The highest BCUT2D eigenvalue weighted by Gasteiger charge is 2.15. The molecule has 0 spiro atoms. The molecule has 0 aromatic carbocycles. The number of nitrogens with zero attached hydrogens (tertiary/aromatic N) is 4. The van der Waals surface area contributed by atoms with Crippen molar-refractivity contribution in [3.8, 4) is 0 Å². The molecule has 0 saturated carbocycles. The van der Waals surface area contributed by atoms with Crippen molar-refractivity contribution >= 4 is 23.4 Å². The molecule has 0 aliphatic heterocycles. The highest BCUT2D eigenvalue weighted by atomic mass is 35.5. The summed E-state index contributed by atoms with van der Waals surface area (Å²) in [6, 6.07) is 0. The predicted octanol–water partition coefficient (Wildman–Crippen LogP) is 2.25. The third-order valence-corrected chi connectivity index (χ3v) is 3.92. The molecule has 0 aliphatic carbocycles. The molecule has 0 unspecified atom stereocenters. The summed E-state index contributed by atoms with van der Waals surface area (Å²) >= 11 is 7.76. The molecule has 104 valence electrons. The van der Waals surface area contributed by atoms with Gasteiger partial charge in [0.1, 0.15) is 0 Å². The average molecular weight is 302 g/mol. The van der Waals surface area contributed by atoms with Crippen LogP contribution < -0.4 is 5.73 Å². The van der Waals surface area contributed by atoms with Crippen molar-refractivity contribution in [1.29, 1.82) is 0 Å². The fourth-order valence-electron chi connectivity index (χ4n) is 1.66. The van der Waals surface area contributed by atoms with Crippen LogP contribution in [0.15, 0.2) is 9.64 Å². The molecular weight excluding hydrogens is 286 g/mol. The van der Waals surface area contributed by atoms with E-state index in [1.807, 2.05) is 18.5 Å². The van der Waals surface area contributed by atoms with Gasteiger partial charge in [0.25, 0.3) is 5.22 Å². The number of aromatic nitrogens is 4. The molecule has 6 nitrogen and oxygen atoms in total.